The summed E-state index contributed by atoms with van der Waals surface area (Å²) in [4.78, 5) is 0. The van der Waals surface area contributed by atoms with Gasteiger partial charge in [-0.3, -0.25) is 0 Å². The number of benzene rings is 2. The van der Waals surface area contributed by atoms with E-state index in [1.54, 1.807) is 0 Å². The second kappa shape index (κ2) is 5.48. The summed E-state index contributed by atoms with van der Waals surface area (Å²) >= 11 is 0. The van der Waals surface area contributed by atoms with Gasteiger partial charge < -0.3 is 9.94 Å². The molecule has 0 bridgehead atoms. The van der Waals surface area contributed by atoms with Gasteiger partial charge in [-0.2, -0.15) is 0 Å². The van der Waals surface area contributed by atoms with Gasteiger partial charge in [-0.25, -0.2) is 5.48 Å². The summed E-state index contributed by atoms with van der Waals surface area (Å²) in [6.07, 6.45) is 0. The standard InChI is InChI=1S/C14H15NO2/c1-11-3-2-4-14(9-11)17-13-7-5-12(6-8-13)10-15-16/h2-9,15-16H,10H2,1H3. The van der Waals surface area contributed by atoms with Crippen molar-refractivity contribution in [1.82, 2.24) is 5.48 Å². The maximum atomic E-state index is 8.57. The monoisotopic (exact) mass is 229 g/mol. The van der Waals surface area contributed by atoms with Crippen LogP contribution in [0.15, 0.2) is 48.5 Å². The molecule has 0 atom stereocenters. The van der Waals surface area contributed by atoms with E-state index in [1.165, 1.54) is 5.56 Å². The average Bonchev–Trinajstić information content (AvgIpc) is 2.32. The zero-order chi connectivity index (χ0) is 12.1. The second-order valence-electron chi connectivity index (χ2n) is 3.90. The highest BCUT2D eigenvalue weighted by atomic mass is 16.5. The molecule has 0 saturated heterocycles. The molecular formula is C14H15NO2. The Hall–Kier alpha value is -1.84. The predicted octanol–water partition coefficient (Wildman–Crippen LogP) is 3.27. The molecule has 0 radical (unpaired) electrons. The number of aryl methyl sites for hydroxylation is 1. The van der Waals surface area contributed by atoms with E-state index in [-0.39, 0.29) is 0 Å². The first-order valence-corrected chi connectivity index (χ1v) is 5.48. The van der Waals surface area contributed by atoms with Crippen LogP contribution in [-0.4, -0.2) is 5.21 Å². The largest absolute Gasteiger partial charge is 0.457 e. The van der Waals surface area contributed by atoms with Crippen LogP contribution in [-0.2, 0) is 6.54 Å². The van der Waals surface area contributed by atoms with Crippen LogP contribution in [0.4, 0.5) is 0 Å². The second-order valence-corrected chi connectivity index (χ2v) is 3.90. The van der Waals surface area contributed by atoms with Gasteiger partial charge in [0.2, 0.25) is 0 Å². The Balaban J connectivity index is 2.08. The topological polar surface area (TPSA) is 41.5 Å². The van der Waals surface area contributed by atoms with E-state index in [2.05, 4.69) is 5.48 Å². The van der Waals surface area contributed by atoms with E-state index >= 15 is 0 Å². The lowest BCUT2D eigenvalue weighted by atomic mass is 10.2. The molecule has 3 nitrogen and oxygen atoms in total. The van der Waals surface area contributed by atoms with Crippen molar-refractivity contribution in [3.63, 3.8) is 0 Å². The lowest BCUT2D eigenvalue weighted by Gasteiger charge is -2.07. The minimum Gasteiger partial charge on any atom is -0.457 e. The van der Waals surface area contributed by atoms with Gasteiger partial charge in [0, 0.05) is 6.54 Å². The summed E-state index contributed by atoms with van der Waals surface area (Å²) in [5, 5.41) is 8.57. The van der Waals surface area contributed by atoms with E-state index in [4.69, 9.17) is 9.94 Å². The summed E-state index contributed by atoms with van der Waals surface area (Å²) in [6.45, 7) is 2.47. The molecule has 0 unspecified atom stereocenters. The molecule has 88 valence electrons. The Kier molecular flexibility index (Phi) is 3.75. The molecule has 0 amide bonds. The molecule has 0 aromatic heterocycles. The van der Waals surface area contributed by atoms with Crippen molar-refractivity contribution in [3.05, 3.63) is 59.7 Å². The molecule has 0 fully saturated rings. The lowest BCUT2D eigenvalue weighted by Crippen LogP contribution is -2.05. The maximum Gasteiger partial charge on any atom is 0.127 e. The molecule has 3 heteroatoms. The van der Waals surface area contributed by atoms with Gasteiger partial charge in [0.25, 0.3) is 0 Å². The Morgan fingerprint density at radius 2 is 1.82 bits per heavy atom. The Labute approximate surface area is 101 Å². The summed E-state index contributed by atoms with van der Waals surface area (Å²) in [6, 6.07) is 15.5. The zero-order valence-electron chi connectivity index (χ0n) is 9.68. The van der Waals surface area contributed by atoms with Crippen LogP contribution in [0, 0.1) is 6.92 Å². The summed E-state index contributed by atoms with van der Waals surface area (Å²) in [5.41, 5.74) is 4.29. The van der Waals surface area contributed by atoms with Gasteiger partial charge in [0.1, 0.15) is 11.5 Å². The quantitative estimate of drug-likeness (QED) is 0.791. The number of nitrogens with one attached hydrogen (secondary N) is 1. The van der Waals surface area contributed by atoms with Crippen LogP contribution in [0.1, 0.15) is 11.1 Å². The highest BCUT2D eigenvalue weighted by Gasteiger charge is 1.98. The van der Waals surface area contributed by atoms with E-state index in [0.717, 1.165) is 17.1 Å². The third-order valence-corrected chi connectivity index (χ3v) is 2.43. The molecule has 2 N–H and O–H groups in total. The normalized spacial score (nSPS) is 10.2. The highest BCUT2D eigenvalue weighted by molar-refractivity contribution is 5.34. The van der Waals surface area contributed by atoms with Crippen molar-refractivity contribution >= 4 is 0 Å². The molecule has 0 heterocycles. The molecule has 0 saturated carbocycles. The highest BCUT2D eigenvalue weighted by Crippen LogP contribution is 2.22. The third-order valence-electron chi connectivity index (χ3n) is 2.43. The van der Waals surface area contributed by atoms with Gasteiger partial charge in [0.05, 0.1) is 0 Å². The van der Waals surface area contributed by atoms with Crippen molar-refractivity contribution in [2.45, 2.75) is 13.5 Å². The van der Waals surface area contributed by atoms with Crippen LogP contribution in [0.2, 0.25) is 0 Å². The van der Waals surface area contributed by atoms with Crippen molar-refractivity contribution in [1.29, 1.82) is 0 Å². The summed E-state index contributed by atoms with van der Waals surface area (Å²) in [7, 11) is 0. The van der Waals surface area contributed by atoms with Crippen LogP contribution >= 0.6 is 0 Å². The van der Waals surface area contributed by atoms with Crippen LogP contribution in [0.3, 0.4) is 0 Å². The molecular weight excluding hydrogens is 214 g/mol. The minimum atomic E-state index is 0.435. The predicted molar refractivity (Wildman–Crippen MR) is 66.3 cm³/mol. The lowest BCUT2D eigenvalue weighted by molar-refractivity contribution is 0.161. The van der Waals surface area contributed by atoms with Gasteiger partial charge in [-0.1, -0.05) is 24.3 Å². The molecule has 2 aromatic carbocycles. The van der Waals surface area contributed by atoms with Gasteiger partial charge in [-0.05, 0) is 42.3 Å². The Morgan fingerprint density at radius 1 is 1.06 bits per heavy atom. The zero-order valence-corrected chi connectivity index (χ0v) is 9.68. The number of ether oxygens (including phenoxy) is 1. The van der Waals surface area contributed by atoms with Crippen molar-refractivity contribution < 1.29 is 9.94 Å². The molecule has 0 aliphatic heterocycles. The smallest absolute Gasteiger partial charge is 0.127 e. The molecule has 2 rings (SSSR count). The number of hydrogen-bond donors (Lipinski definition) is 2. The molecule has 0 spiro atoms. The van der Waals surface area contributed by atoms with Gasteiger partial charge in [0.15, 0.2) is 0 Å². The molecule has 17 heavy (non-hydrogen) atoms. The number of hydrogen-bond acceptors (Lipinski definition) is 3. The van der Waals surface area contributed by atoms with Crippen LogP contribution in [0.5, 0.6) is 11.5 Å². The summed E-state index contributed by atoms with van der Waals surface area (Å²) in [5.74, 6) is 1.62. The van der Waals surface area contributed by atoms with Gasteiger partial charge >= 0.3 is 0 Å². The van der Waals surface area contributed by atoms with Crippen molar-refractivity contribution in [3.8, 4) is 11.5 Å². The van der Waals surface area contributed by atoms with E-state index in [9.17, 15) is 0 Å². The average molecular weight is 229 g/mol. The maximum absolute atomic E-state index is 8.57. The van der Waals surface area contributed by atoms with E-state index < -0.39 is 0 Å². The van der Waals surface area contributed by atoms with Crippen molar-refractivity contribution in [2.75, 3.05) is 0 Å². The Morgan fingerprint density at radius 3 is 2.47 bits per heavy atom. The first-order valence-electron chi connectivity index (χ1n) is 5.48. The third kappa shape index (κ3) is 3.31. The Bertz CT molecular complexity index is 480. The van der Waals surface area contributed by atoms with E-state index in [0.29, 0.717) is 6.54 Å². The minimum absolute atomic E-state index is 0.435. The van der Waals surface area contributed by atoms with Gasteiger partial charge in [-0.15, -0.1) is 0 Å². The molecule has 2 aromatic rings. The number of rotatable bonds is 4. The molecule has 0 aliphatic carbocycles. The SMILES string of the molecule is Cc1cccc(Oc2ccc(CNO)cc2)c1. The fourth-order valence-corrected chi connectivity index (χ4v) is 1.58. The fraction of sp³-hybridized carbons (Fsp3) is 0.143. The first kappa shape index (κ1) is 11.6. The summed E-state index contributed by atoms with van der Waals surface area (Å²) < 4.78 is 5.71. The first-order chi connectivity index (χ1) is 8.28. The molecule has 0 aliphatic rings. The van der Waals surface area contributed by atoms with Crippen molar-refractivity contribution in [2.24, 2.45) is 0 Å². The van der Waals surface area contributed by atoms with Crippen LogP contribution < -0.4 is 10.2 Å². The number of hydroxylamine groups is 1. The van der Waals surface area contributed by atoms with Crippen LogP contribution in [0.25, 0.3) is 0 Å². The van der Waals surface area contributed by atoms with E-state index in [1.807, 2.05) is 55.5 Å². The fourth-order valence-electron chi connectivity index (χ4n) is 1.58.